The maximum atomic E-state index is 10.3. The molecule has 0 fully saturated rings. The number of aromatic nitrogens is 2. The molecule has 1 aromatic rings. The highest BCUT2D eigenvalue weighted by Crippen LogP contribution is 2.03. The Balaban J connectivity index is 2.75. The zero-order chi connectivity index (χ0) is 8.97. The summed E-state index contributed by atoms with van der Waals surface area (Å²) in [4.78, 5) is 19.7. The summed E-state index contributed by atoms with van der Waals surface area (Å²) in [5.41, 5.74) is 1.89. The van der Waals surface area contributed by atoms with Gasteiger partial charge in [0.2, 0.25) is 6.41 Å². The van der Waals surface area contributed by atoms with Crippen molar-refractivity contribution in [3.05, 3.63) is 23.8 Å². The third kappa shape index (κ3) is 2.02. The lowest BCUT2D eigenvalue weighted by Gasteiger charge is -2.10. The monoisotopic (exact) mass is 165 g/mol. The van der Waals surface area contributed by atoms with Crippen molar-refractivity contribution in [2.45, 2.75) is 13.5 Å². The zero-order valence-corrected chi connectivity index (χ0v) is 7.19. The first-order valence-corrected chi connectivity index (χ1v) is 3.65. The Hall–Kier alpha value is -1.45. The number of amides is 1. The molecule has 0 bridgehead atoms. The molecule has 0 aromatic carbocycles. The molecule has 0 aliphatic carbocycles. The van der Waals surface area contributed by atoms with E-state index in [1.807, 2.05) is 6.92 Å². The maximum Gasteiger partial charge on any atom is 0.209 e. The predicted molar refractivity (Wildman–Crippen MR) is 44.3 cm³/mol. The second-order valence-electron chi connectivity index (χ2n) is 2.65. The summed E-state index contributed by atoms with van der Waals surface area (Å²) < 4.78 is 0. The molecule has 0 radical (unpaired) electrons. The van der Waals surface area contributed by atoms with E-state index in [1.165, 1.54) is 6.33 Å². The number of aryl methyl sites for hydroxylation is 1. The smallest absolute Gasteiger partial charge is 0.209 e. The van der Waals surface area contributed by atoms with Crippen LogP contribution in [0.4, 0.5) is 0 Å². The second-order valence-corrected chi connectivity index (χ2v) is 2.65. The normalized spacial score (nSPS) is 9.50. The minimum Gasteiger partial charge on any atom is -0.344 e. The Morgan fingerprint density at radius 1 is 1.67 bits per heavy atom. The molecule has 1 amide bonds. The standard InChI is InChI=1S/C8H11N3O/c1-7-8(3-9-5-10-7)4-11(2)6-12/h3,5-6H,4H2,1-2H3. The summed E-state index contributed by atoms with van der Waals surface area (Å²) in [7, 11) is 1.72. The fourth-order valence-electron chi connectivity index (χ4n) is 0.881. The highest BCUT2D eigenvalue weighted by molar-refractivity contribution is 5.46. The Bertz CT molecular complexity index is 275. The van der Waals surface area contributed by atoms with Crippen LogP contribution in [0.5, 0.6) is 0 Å². The van der Waals surface area contributed by atoms with Gasteiger partial charge in [0.05, 0.1) is 0 Å². The Morgan fingerprint density at radius 3 is 3.00 bits per heavy atom. The van der Waals surface area contributed by atoms with E-state index in [-0.39, 0.29) is 0 Å². The van der Waals surface area contributed by atoms with Crippen LogP contribution in [0.15, 0.2) is 12.5 Å². The number of nitrogens with zero attached hydrogens (tertiary/aromatic N) is 3. The maximum absolute atomic E-state index is 10.3. The Morgan fingerprint density at radius 2 is 2.42 bits per heavy atom. The highest BCUT2D eigenvalue weighted by Gasteiger charge is 2.00. The summed E-state index contributed by atoms with van der Waals surface area (Å²) >= 11 is 0. The molecular formula is C8H11N3O. The van der Waals surface area contributed by atoms with E-state index in [9.17, 15) is 4.79 Å². The zero-order valence-electron chi connectivity index (χ0n) is 7.19. The fourth-order valence-corrected chi connectivity index (χ4v) is 0.881. The van der Waals surface area contributed by atoms with Crippen molar-refractivity contribution in [1.29, 1.82) is 0 Å². The average Bonchev–Trinajstić information content (AvgIpc) is 2.09. The van der Waals surface area contributed by atoms with E-state index in [0.29, 0.717) is 6.54 Å². The Kier molecular flexibility index (Phi) is 2.74. The quantitative estimate of drug-likeness (QED) is 0.608. The van der Waals surface area contributed by atoms with Gasteiger partial charge in [-0.05, 0) is 6.92 Å². The molecule has 1 rings (SSSR count). The topological polar surface area (TPSA) is 46.1 Å². The third-order valence-corrected chi connectivity index (χ3v) is 1.61. The van der Waals surface area contributed by atoms with Crippen LogP contribution in [-0.2, 0) is 11.3 Å². The SMILES string of the molecule is Cc1ncncc1CN(C)C=O. The van der Waals surface area contributed by atoms with Crippen LogP contribution in [0, 0.1) is 6.92 Å². The number of carbonyl (C=O) groups is 1. The first-order valence-electron chi connectivity index (χ1n) is 3.65. The van der Waals surface area contributed by atoms with Crippen molar-refractivity contribution in [3.8, 4) is 0 Å². The lowest BCUT2D eigenvalue weighted by Crippen LogP contribution is -2.16. The molecule has 4 nitrogen and oxygen atoms in total. The van der Waals surface area contributed by atoms with Crippen molar-refractivity contribution in [2.75, 3.05) is 7.05 Å². The molecule has 4 heteroatoms. The van der Waals surface area contributed by atoms with Gasteiger partial charge in [0, 0.05) is 31.0 Å². The second kappa shape index (κ2) is 3.80. The minimum absolute atomic E-state index is 0.566. The van der Waals surface area contributed by atoms with E-state index in [0.717, 1.165) is 17.7 Å². The number of carbonyl (C=O) groups excluding carboxylic acids is 1. The van der Waals surface area contributed by atoms with Crippen molar-refractivity contribution in [2.24, 2.45) is 0 Å². The minimum atomic E-state index is 0.566. The van der Waals surface area contributed by atoms with E-state index >= 15 is 0 Å². The van der Waals surface area contributed by atoms with Gasteiger partial charge in [-0.1, -0.05) is 0 Å². The molecule has 0 unspecified atom stereocenters. The Labute approximate surface area is 71.3 Å². The van der Waals surface area contributed by atoms with Crippen molar-refractivity contribution >= 4 is 6.41 Å². The van der Waals surface area contributed by atoms with E-state index in [2.05, 4.69) is 9.97 Å². The number of rotatable bonds is 3. The van der Waals surface area contributed by atoms with E-state index < -0.39 is 0 Å². The molecule has 0 spiro atoms. The molecule has 1 aromatic heterocycles. The van der Waals surface area contributed by atoms with Crippen LogP contribution < -0.4 is 0 Å². The first kappa shape index (κ1) is 8.64. The number of hydrogen-bond acceptors (Lipinski definition) is 3. The van der Waals surface area contributed by atoms with Gasteiger partial charge in [-0.3, -0.25) is 4.79 Å². The molecule has 0 saturated carbocycles. The molecule has 1 heterocycles. The van der Waals surface area contributed by atoms with Crippen LogP contribution >= 0.6 is 0 Å². The molecule has 0 aliphatic rings. The van der Waals surface area contributed by atoms with Crippen molar-refractivity contribution in [1.82, 2.24) is 14.9 Å². The van der Waals surface area contributed by atoms with Gasteiger partial charge in [-0.2, -0.15) is 0 Å². The van der Waals surface area contributed by atoms with Crippen LogP contribution in [0.2, 0.25) is 0 Å². The summed E-state index contributed by atoms with van der Waals surface area (Å²) in [6.07, 6.45) is 4.01. The van der Waals surface area contributed by atoms with Gasteiger partial charge in [0.15, 0.2) is 0 Å². The van der Waals surface area contributed by atoms with Crippen molar-refractivity contribution < 1.29 is 4.79 Å². The largest absolute Gasteiger partial charge is 0.344 e. The number of hydrogen-bond donors (Lipinski definition) is 0. The van der Waals surface area contributed by atoms with Gasteiger partial charge in [0.25, 0.3) is 0 Å². The molecule has 12 heavy (non-hydrogen) atoms. The van der Waals surface area contributed by atoms with E-state index in [4.69, 9.17) is 0 Å². The van der Waals surface area contributed by atoms with Crippen LogP contribution in [0.1, 0.15) is 11.3 Å². The van der Waals surface area contributed by atoms with Gasteiger partial charge in [-0.15, -0.1) is 0 Å². The first-order chi connectivity index (χ1) is 5.74. The summed E-state index contributed by atoms with van der Waals surface area (Å²) in [6.45, 7) is 2.46. The summed E-state index contributed by atoms with van der Waals surface area (Å²) in [5, 5.41) is 0. The van der Waals surface area contributed by atoms with Gasteiger partial charge < -0.3 is 4.90 Å². The molecule has 0 atom stereocenters. The molecule has 0 saturated heterocycles. The molecule has 0 N–H and O–H groups in total. The van der Waals surface area contributed by atoms with Gasteiger partial charge >= 0.3 is 0 Å². The molecule has 64 valence electrons. The van der Waals surface area contributed by atoms with Crippen LogP contribution in [-0.4, -0.2) is 28.3 Å². The lowest BCUT2D eigenvalue weighted by atomic mass is 10.2. The third-order valence-electron chi connectivity index (χ3n) is 1.61. The highest BCUT2D eigenvalue weighted by atomic mass is 16.1. The molecular weight excluding hydrogens is 154 g/mol. The van der Waals surface area contributed by atoms with Crippen LogP contribution in [0.3, 0.4) is 0 Å². The van der Waals surface area contributed by atoms with Crippen LogP contribution in [0.25, 0.3) is 0 Å². The van der Waals surface area contributed by atoms with E-state index in [1.54, 1.807) is 18.1 Å². The summed E-state index contributed by atoms with van der Waals surface area (Å²) in [6, 6.07) is 0. The average molecular weight is 165 g/mol. The fraction of sp³-hybridized carbons (Fsp3) is 0.375. The predicted octanol–water partition coefficient (Wildman–Crippen LogP) is 0.373. The van der Waals surface area contributed by atoms with Gasteiger partial charge in [0.1, 0.15) is 6.33 Å². The van der Waals surface area contributed by atoms with Crippen molar-refractivity contribution in [3.63, 3.8) is 0 Å². The lowest BCUT2D eigenvalue weighted by molar-refractivity contribution is -0.117. The summed E-state index contributed by atoms with van der Waals surface area (Å²) in [5.74, 6) is 0. The molecule has 0 aliphatic heterocycles. The van der Waals surface area contributed by atoms with Gasteiger partial charge in [-0.25, -0.2) is 9.97 Å².